The minimum atomic E-state index is -2.82. The molecule has 0 fully saturated rings. The molecule has 166 valence electrons. The highest BCUT2D eigenvalue weighted by molar-refractivity contribution is 7.27. The number of hydrogen-bond donors (Lipinski definition) is 2. The maximum Gasteiger partial charge on any atom is 0.398 e. The number of para-hydroxylation sites is 1. The Balaban J connectivity index is 2.51. The largest absolute Gasteiger partial charge is 0.430 e. The molecule has 3 rings (SSSR count). The number of carbonyl (C=O) groups is 1. The summed E-state index contributed by atoms with van der Waals surface area (Å²) >= 11 is 0. The van der Waals surface area contributed by atoms with Gasteiger partial charge in [0.2, 0.25) is 0 Å². The van der Waals surface area contributed by atoms with E-state index in [1.54, 1.807) is 18.2 Å². The molecule has 0 saturated carbocycles. The summed E-state index contributed by atoms with van der Waals surface area (Å²) in [4.78, 5) is 17.3. The van der Waals surface area contributed by atoms with Gasteiger partial charge in [0.05, 0.1) is 17.5 Å². The Labute approximate surface area is 186 Å². The summed E-state index contributed by atoms with van der Waals surface area (Å²) in [6.07, 6.45) is 0.784. The molecule has 0 aliphatic rings. The van der Waals surface area contributed by atoms with Gasteiger partial charge in [0.1, 0.15) is 5.82 Å². The number of esters is 1. The van der Waals surface area contributed by atoms with Crippen LogP contribution >= 0.6 is 8.46 Å². The van der Waals surface area contributed by atoms with Crippen LogP contribution in [0.15, 0.2) is 61.4 Å². The highest BCUT2D eigenvalue weighted by Crippen LogP contribution is 2.48. The zero-order chi connectivity index (χ0) is 23.7. The number of aromatic nitrogens is 1. The zero-order valence-electron chi connectivity index (χ0n) is 17.9. The molecular formula is C24H24FNO5P+. The smallest absolute Gasteiger partial charge is 0.398 e. The number of benzene rings is 2. The molecule has 6 nitrogen and oxygen atoms in total. The normalized spacial score (nSPS) is 15.3. The number of carbonyl (C=O) groups excluding carboxylic acids is 1. The van der Waals surface area contributed by atoms with E-state index in [1.165, 1.54) is 31.2 Å². The zero-order valence-corrected chi connectivity index (χ0v) is 18.9. The van der Waals surface area contributed by atoms with E-state index in [0.29, 0.717) is 27.7 Å². The minimum Gasteiger partial charge on any atom is -0.430 e. The van der Waals surface area contributed by atoms with Crippen molar-refractivity contribution in [3.8, 4) is 11.1 Å². The van der Waals surface area contributed by atoms with Gasteiger partial charge in [-0.15, -0.1) is 0 Å². The van der Waals surface area contributed by atoms with Crippen LogP contribution in [0, 0.1) is 5.82 Å². The molecule has 0 amide bonds. The van der Waals surface area contributed by atoms with Gasteiger partial charge in [-0.25, -0.2) is 9.18 Å². The van der Waals surface area contributed by atoms with Crippen LogP contribution in [0.1, 0.15) is 37.9 Å². The Morgan fingerprint density at radius 1 is 1.19 bits per heavy atom. The molecule has 1 aromatic heterocycles. The first-order chi connectivity index (χ1) is 15.1. The maximum absolute atomic E-state index is 13.7. The average molecular weight is 456 g/mol. The van der Waals surface area contributed by atoms with Gasteiger partial charge in [0, 0.05) is 10.9 Å². The van der Waals surface area contributed by atoms with E-state index in [1.807, 2.05) is 19.9 Å². The van der Waals surface area contributed by atoms with Crippen molar-refractivity contribution in [2.45, 2.75) is 37.6 Å². The molecular weight excluding hydrogens is 432 g/mol. The number of rotatable bonds is 7. The molecule has 0 radical (unpaired) electrons. The van der Waals surface area contributed by atoms with Crippen molar-refractivity contribution in [1.82, 2.24) is 4.98 Å². The summed E-state index contributed by atoms with van der Waals surface area (Å²) in [5.41, 5.74) is -0.339. The second-order valence-electron chi connectivity index (χ2n) is 7.88. The van der Waals surface area contributed by atoms with Crippen LogP contribution in [-0.4, -0.2) is 26.5 Å². The molecule has 1 heterocycles. The molecule has 0 aliphatic carbocycles. The van der Waals surface area contributed by atoms with E-state index < -0.39 is 31.2 Å². The summed E-state index contributed by atoms with van der Waals surface area (Å²) in [5, 5.41) is 20.6. The van der Waals surface area contributed by atoms with Gasteiger partial charge in [-0.3, -0.25) is 4.98 Å². The SMILES string of the molecule is C=COC(=O)C(O)([PH+]=O)C(C)(O)c1c(C(C)C)nc2ccccc2c1-c1ccc(F)cc1. The first-order valence-electron chi connectivity index (χ1n) is 9.93. The molecule has 32 heavy (non-hydrogen) atoms. The molecule has 2 aromatic carbocycles. The molecule has 8 heteroatoms. The third-order valence-electron chi connectivity index (χ3n) is 5.43. The molecule has 3 aromatic rings. The van der Waals surface area contributed by atoms with Crippen molar-refractivity contribution in [2.24, 2.45) is 0 Å². The number of fused-ring (bicyclic) bond motifs is 1. The number of nitrogens with zero attached hydrogens (tertiary/aromatic N) is 1. The van der Waals surface area contributed by atoms with Gasteiger partial charge in [-0.05, 0) is 42.2 Å². The summed E-state index contributed by atoms with van der Waals surface area (Å²) in [5.74, 6) is -2.02. The monoisotopic (exact) mass is 456 g/mol. The number of pyridine rings is 1. The standard InChI is InChI=1S/C24H23FNO5P/c1-5-31-22(27)24(29,32-30)23(4,28)20-19(15-10-12-16(25)13-11-15)17-8-6-7-9-18(17)26-21(20)14(2)3/h5-14,28-29H,1H2,2-4H3/p+1. The fourth-order valence-corrected chi connectivity index (χ4v) is 4.21. The van der Waals surface area contributed by atoms with Gasteiger partial charge in [-0.1, -0.05) is 55.3 Å². The van der Waals surface area contributed by atoms with Crippen LogP contribution in [0.3, 0.4) is 0 Å². The van der Waals surface area contributed by atoms with Crippen molar-refractivity contribution in [2.75, 3.05) is 0 Å². The van der Waals surface area contributed by atoms with Crippen molar-refractivity contribution in [3.63, 3.8) is 0 Å². The van der Waals surface area contributed by atoms with E-state index >= 15 is 0 Å². The Bertz CT molecular complexity index is 1190. The number of hydrogen-bond acceptors (Lipinski definition) is 6. The van der Waals surface area contributed by atoms with Gasteiger partial charge in [0.15, 0.2) is 5.60 Å². The van der Waals surface area contributed by atoms with Crippen molar-refractivity contribution >= 4 is 25.3 Å². The third-order valence-corrected chi connectivity index (χ3v) is 6.41. The van der Waals surface area contributed by atoms with Crippen LogP contribution in [0.2, 0.25) is 0 Å². The quantitative estimate of drug-likeness (QED) is 0.302. The molecule has 3 unspecified atom stereocenters. The van der Waals surface area contributed by atoms with Crippen LogP contribution in [0.5, 0.6) is 0 Å². The summed E-state index contributed by atoms with van der Waals surface area (Å²) in [6.45, 7) is 8.15. The van der Waals surface area contributed by atoms with Gasteiger partial charge in [-0.2, -0.15) is 0 Å². The van der Waals surface area contributed by atoms with E-state index in [-0.39, 0.29) is 11.5 Å². The number of halogens is 1. The highest BCUT2D eigenvalue weighted by atomic mass is 31.1. The summed E-state index contributed by atoms with van der Waals surface area (Å²) < 4.78 is 30.5. The average Bonchev–Trinajstić information content (AvgIpc) is 2.77. The topological polar surface area (TPSA) is 96.7 Å². The predicted octanol–water partition coefficient (Wildman–Crippen LogP) is 4.77. The van der Waals surface area contributed by atoms with Crippen molar-refractivity contribution in [1.29, 1.82) is 0 Å². The van der Waals surface area contributed by atoms with Crippen LogP contribution in [0.4, 0.5) is 4.39 Å². The first kappa shape index (κ1) is 23.7. The Morgan fingerprint density at radius 2 is 1.81 bits per heavy atom. The van der Waals surface area contributed by atoms with Crippen molar-refractivity contribution in [3.05, 3.63) is 78.4 Å². The van der Waals surface area contributed by atoms with Gasteiger partial charge >= 0.3 is 19.8 Å². The minimum absolute atomic E-state index is 0.102. The van der Waals surface area contributed by atoms with E-state index in [0.717, 1.165) is 6.26 Å². The van der Waals surface area contributed by atoms with E-state index in [2.05, 4.69) is 11.6 Å². The second kappa shape index (κ2) is 8.87. The Kier molecular flexibility index (Phi) is 6.56. The Morgan fingerprint density at radius 3 is 2.38 bits per heavy atom. The van der Waals surface area contributed by atoms with Gasteiger partial charge in [0.25, 0.3) is 0 Å². The van der Waals surface area contributed by atoms with Gasteiger partial charge < -0.3 is 14.9 Å². The molecule has 0 saturated heterocycles. The molecule has 0 bridgehead atoms. The molecule has 3 atom stereocenters. The van der Waals surface area contributed by atoms with E-state index in [4.69, 9.17) is 4.74 Å². The molecule has 0 aliphatic heterocycles. The van der Waals surface area contributed by atoms with Crippen LogP contribution in [-0.2, 0) is 19.7 Å². The van der Waals surface area contributed by atoms with Crippen LogP contribution in [0.25, 0.3) is 22.0 Å². The molecule has 2 N–H and O–H groups in total. The van der Waals surface area contributed by atoms with Crippen molar-refractivity contribution < 1.29 is 28.7 Å². The predicted molar refractivity (Wildman–Crippen MR) is 121 cm³/mol. The van der Waals surface area contributed by atoms with E-state index in [9.17, 15) is 24.0 Å². The fourth-order valence-electron chi connectivity index (χ4n) is 3.74. The lowest BCUT2D eigenvalue weighted by Gasteiger charge is -2.34. The fraction of sp³-hybridized carbons (Fsp3) is 0.250. The summed E-state index contributed by atoms with van der Waals surface area (Å²) in [7, 11) is -1.67. The second-order valence-corrected chi connectivity index (χ2v) is 8.81. The number of ether oxygens (including phenoxy) is 1. The Hall–Kier alpha value is -2.99. The third kappa shape index (κ3) is 3.84. The lowest BCUT2D eigenvalue weighted by molar-refractivity contribution is -0.171. The first-order valence-corrected chi connectivity index (χ1v) is 10.8. The molecule has 0 spiro atoms. The lowest BCUT2D eigenvalue weighted by Crippen LogP contribution is -2.52. The summed E-state index contributed by atoms with van der Waals surface area (Å²) in [6, 6.07) is 12.7. The van der Waals surface area contributed by atoms with Crippen LogP contribution < -0.4 is 0 Å². The number of aliphatic hydroxyl groups is 2. The maximum atomic E-state index is 13.7. The highest BCUT2D eigenvalue weighted by Gasteiger charge is 2.64. The lowest BCUT2D eigenvalue weighted by atomic mass is 9.79.